The van der Waals surface area contributed by atoms with Crippen molar-refractivity contribution in [2.24, 2.45) is 7.05 Å². The van der Waals surface area contributed by atoms with E-state index in [2.05, 4.69) is 6.58 Å². The van der Waals surface area contributed by atoms with Crippen molar-refractivity contribution in [1.29, 1.82) is 0 Å². The Balaban J connectivity index is 2.69. The first-order valence-electron chi connectivity index (χ1n) is 4.88. The molecule has 0 N–H and O–H groups in total. The Labute approximate surface area is 88.3 Å². The average Bonchev–Trinajstić information content (AvgIpc) is 2.53. The van der Waals surface area contributed by atoms with Crippen LogP contribution in [0.3, 0.4) is 0 Å². The van der Waals surface area contributed by atoms with Crippen LogP contribution in [0.5, 0.6) is 0 Å². The number of nitrogens with zero attached hydrogens (tertiary/aromatic N) is 2. The van der Waals surface area contributed by atoms with Gasteiger partial charge in [-0.15, -0.1) is 0 Å². The van der Waals surface area contributed by atoms with Crippen LogP contribution >= 0.6 is 0 Å². The molecule has 0 aliphatic carbocycles. The van der Waals surface area contributed by atoms with Crippen LogP contribution in [0.25, 0.3) is 10.9 Å². The maximum Gasteiger partial charge on any atom is 0.275 e. The van der Waals surface area contributed by atoms with E-state index < -0.39 is 0 Å². The SMILES string of the molecule is C=C(C)Cn1ccc2ccn(C)c2c1=O. The molecule has 0 unspecified atom stereocenters. The molecule has 15 heavy (non-hydrogen) atoms. The van der Waals surface area contributed by atoms with Crippen molar-refractivity contribution in [2.75, 3.05) is 0 Å². The monoisotopic (exact) mass is 202 g/mol. The molecular formula is C12H14N2O. The molecule has 0 atom stereocenters. The van der Waals surface area contributed by atoms with Crippen LogP contribution in [0.4, 0.5) is 0 Å². The van der Waals surface area contributed by atoms with Crippen LogP contribution < -0.4 is 5.56 Å². The maximum atomic E-state index is 12.0. The molecule has 0 radical (unpaired) electrons. The second kappa shape index (κ2) is 3.42. The first-order chi connectivity index (χ1) is 7.09. The zero-order valence-corrected chi connectivity index (χ0v) is 9.03. The third-order valence-electron chi connectivity index (χ3n) is 2.44. The highest BCUT2D eigenvalue weighted by Crippen LogP contribution is 2.09. The lowest BCUT2D eigenvalue weighted by atomic mass is 10.3. The molecule has 2 aromatic rings. The van der Waals surface area contributed by atoms with Crippen molar-refractivity contribution in [3.05, 3.63) is 47.0 Å². The van der Waals surface area contributed by atoms with E-state index in [0.29, 0.717) is 6.54 Å². The van der Waals surface area contributed by atoms with Gasteiger partial charge < -0.3 is 9.13 Å². The highest BCUT2D eigenvalue weighted by Gasteiger charge is 2.05. The number of aromatic nitrogens is 2. The largest absolute Gasteiger partial charge is 0.346 e. The van der Waals surface area contributed by atoms with Crippen LogP contribution in [-0.4, -0.2) is 9.13 Å². The number of pyridine rings is 1. The molecule has 2 aromatic heterocycles. The Morgan fingerprint density at radius 2 is 2.07 bits per heavy atom. The average molecular weight is 202 g/mol. The van der Waals surface area contributed by atoms with Crippen molar-refractivity contribution >= 4 is 10.9 Å². The van der Waals surface area contributed by atoms with Crippen LogP contribution in [0.1, 0.15) is 6.92 Å². The van der Waals surface area contributed by atoms with Gasteiger partial charge in [-0.1, -0.05) is 12.2 Å². The Morgan fingerprint density at radius 3 is 2.73 bits per heavy atom. The molecule has 0 bridgehead atoms. The number of fused-ring (bicyclic) bond motifs is 1. The Kier molecular flexibility index (Phi) is 2.23. The van der Waals surface area contributed by atoms with Gasteiger partial charge in [0, 0.05) is 31.4 Å². The summed E-state index contributed by atoms with van der Waals surface area (Å²) in [7, 11) is 1.88. The quantitative estimate of drug-likeness (QED) is 0.683. The minimum atomic E-state index is 0.0444. The van der Waals surface area contributed by atoms with E-state index in [9.17, 15) is 4.79 Å². The topological polar surface area (TPSA) is 26.9 Å². The molecule has 2 rings (SSSR count). The zero-order valence-electron chi connectivity index (χ0n) is 9.03. The fourth-order valence-electron chi connectivity index (χ4n) is 1.75. The minimum Gasteiger partial charge on any atom is -0.346 e. The summed E-state index contributed by atoms with van der Waals surface area (Å²) in [4.78, 5) is 12.0. The van der Waals surface area contributed by atoms with Gasteiger partial charge in [-0.05, 0) is 19.1 Å². The smallest absolute Gasteiger partial charge is 0.275 e. The van der Waals surface area contributed by atoms with Gasteiger partial charge in [0.15, 0.2) is 0 Å². The van der Waals surface area contributed by atoms with Crippen molar-refractivity contribution in [2.45, 2.75) is 13.5 Å². The van der Waals surface area contributed by atoms with Crippen LogP contribution in [0.2, 0.25) is 0 Å². The second-order valence-corrected chi connectivity index (χ2v) is 3.94. The molecule has 0 spiro atoms. The molecule has 0 aliphatic rings. The van der Waals surface area contributed by atoms with Gasteiger partial charge in [-0.2, -0.15) is 0 Å². The van der Waals surface area contributed by atoms with E-state index in [1.54, 1.807) is 4.57 Å². The first-order valence-corrected chi connectivity index (χ1v) is 4.88. The molecule has 0 saturated heterocycles. The minimum absolute atomic E-state index is 0.0444. The van der Waals surface area contributed by atoms with Gasteiger partial charge in [0.25, 0.3) is 5.56 Å². The lowest BCUT2D eigenvalue weighted by Gasteiger charge is -2.05. The Hall–Kier alpha value is -1.77. The van der Waals surface area contributed by atoms with Crippen molar-refractivity contribution < 1.29 is 0 Å². The lowest BCUT2D eigenvalue weighted by molar-refractivity contribution is 0.750. The highest BCUT2D eigenvalue weighted by molar-refractivity contribution is 5.78. The molecule has 78 valence electrons. The summed E-state index contributed by atoms with van der Waals surface area (Å²) in [5.41, 5.74) is 1.77. The van der Waals surface area contributed by atoms with E-state index in [0.717, 1.165) is 16.5 Å². The van der Waals surface area contributed by atoms with Gasteiger partial charge in [-0.25, -0.2) is 0 Å². The summed E-state index contributed by atoms with van der Waals surface area (Å²) in [5.74, 6) is 0. The van der Waals surface area contributed by atoms with Gasteiger partial charge in [-0.3, -0.25) is 4.79 Å². The van der Waals surface area contributed by atoms with E-state index in [1.165, 1.54) is 0 Å². The molecule has 0 aromatic carbocycles. The number of hydrogen-bond acceptors (Lipinski definition) is 1. The number of allylic oxidation sites excluding steroid dienone is 1. The number of aryl methyl sites for hydroxylation is 1. The molecular weight excluding hydrogens is 188 g/mol. The van der Waals surface area contributed by atoms with Crippen molar-refractivity contribution in [3.8, 4) is 0 Å². The lowest BCUT2D eigenvalue weighted by Crippen LogP contribution is -2.21. The normalized spacial score (nSPS) is 10.8. The van der Waals surface area contributed by atoms with Gasteiger partial charge in [0.2, 0.25) is 0 Å². The van der Waals surface area contributed by atoms with Crippen LogP contribution in [0.15, 0.2) is 41.5 Å². The summed E-state index contributed by atoms with van der Waals surface area (Å²) in [6.45, 7) is 6.32. The Bertz CT molecular complexity index is 575. The standard InChI is InChI=1S/C12H14N2O/c1-9(2)8-14-7-5-10-4-6-13(3)11(10)12(14)15/h4-7H,1,8H2,2-3H3. The number of hydrogen-bond donors (Lipinski definition) is 0. The molecule has 0 amide bonds. The van der Waals surface area contributed by atoms with Gasteiger partial charge >= 0.3 is 0 Å². The Morgan fingerprint density at radius 1 is 1.40 bits per heavy atom. The molecule has 2 heterocycles. The molecule has 3 nitrogen and oxygen atoms in total. The van der Waals surface area contributed by atoms with E-state index in [-0.39, 0.29) is 5.56 Å². The molecule has 3 heteroatoms. The summed E-state index contributed by atoms with van der Waals surface area (Å²) >= 11 is 0. The van der Waals surface area contributed by atoms with E-state index in [1.807, 2.05) is 43.1 Å². The molecule has 0 fully saturated rings. The van der Waals surface area contributed by atoms with E-state index >= 15 is 0 Å². The van der Waals surface area contributed by atoms with E-state index in [4.69, 9.17) is 0 Å². The summed E-state index contributed by atoms with van der Waals surface area (Å²) in [6.07, 6.45) is 3.72. The molecule has 0 aliphatic heterocycles. The summed E-state index contributed by atoms with van der Waals surface area (Å²) < 4.78 is 3.54. The third-order valence-corrected chi connectivity index (χ3v) is 2.44. The number of rotatable bonds is 2. The van der Waals surface area contributed by atoms with Crippen molar-refractivity contribution in [1.82, 2.24) is 9.13 Å². The van der Waals surface area contributed by atoms with Crippen LogP contribution in [0, 0.1) is 0 Å². The summed E-state index contributed by atoms with van der Waals surface area (Å²) in [5, 5.41) is 0.987. The molecule has 0 saturated carbocycles. The zero-order chi connectivity index (χ0) is 11.0. The fourth-order valence-corrected chi connectivity index (χ4v) is 1.75. The van der Waals surface area contributed by atoms with Crippen molar-refractivity contribution in [3.63, 3.8) is 0 Å². The summed E-state index contributed by atoms with van der Waals surface area (Å²) in [6, 6.07) is 3.90. The maximum absolute atomic E-state index is 12.0. The van der Waals surface area contributed by atoms with Gasteiger partial charge in [0.1, 0.15) is 5.52 Å². The predicted octanol–water partition coefficient (Wildman–Crippen LogP) is 1.92. The third kappa shape index (κ3) is 1.61. The second-order valence-electron chi connectivity index (χ2n) is 3.94. The fraction of sp³-hybridized carbons (Fsp3) is 0.250. The first kappa shape index (κ1) is 9.77. The predicted molar refractivity (Wildman–Crippen MR) is 62.0 cm³/mol. The van der Waals surface area contributed by atoms with Gasteiger partial charge in [0.05, 0.1) is 0 Å². The van der Waals surface area contributed by atoms with Crippen LogP contribution in [-0.2, 0) is 13.6 Å². The highest BCUT2D eigenvalue weighted by atomic mass is 16.1.